The van der Waals surface area contributed by atoms with Crippen LogP contribution in [0.4, 0.5) is 17.1 Å². The highest BCUT2D eigenvalue weighted by atomic mass is 35.5. The molecule has 0 radical (unpaired) electrons. The molecular weight excluding hydrogens is 836 g/mol. The standard InChI is InChI=1S/C48H53ClN8O5S/c1-47(2)16-14-35(41(27-47)33-4-6-36(49)7-5-33)30-55-20-22-56(23-21-55)37-8-10-40(44(25-37)62-38-24-34-15-19-51-45(34)53-29-38)46(58)54-63(61)39-9-11-42(43(26-39)57(59)60)52-28-32-12-17-48(3,31-50)18-13-32/h4-11,15,19,24-26,29,32,52H,12-14,16-18,20-23,27-28,30H2,1-3H3,(H,51,53)(H,54,58). The molecule has 5 aromatic rings. The van der Waals surface area contributed by atoms with Crippen LogP contribution in [0, 0.1) is 38.2 Å². The Bertz CT molecular complexity index is 2560. The van der Waals surface area contributed by atoms with Crippen LogP contribution >= 0.6 is 11.6 Å². The minimum atomic E-state index is -2.13. The Balaban J connectivity index is 0.969. The van der Waals surface area contributed by atoms with Crippen molar-refractivity contribution >= 4 is 62.5 Å². The van der Waals surface area contributed by atoms with E-state index in [0.717, 1.165) is 93.8 Å². The van der Waals surface area contributed by atoms with E-state index in [9.17, 15) is 24.7 Å². The van der Waals surface area contributed by atoms with E-state index in [4.69, 9.17) is 16.3 Å². The summed E-state index contributed by atoms with van der Waals surface area (Å²) in [7, 11) is 0. The number of nitrogens with zero attached hydrogens (tertiary/aromatic N) is 5. The molecule has 1 unspecified atom stereocenters. The van der Waals surface area contributed by atoms with Gasteiger partial charge in [0.05, 0.1) is 34.2 Å². The quantitative estimate of drug-likeness (QED) is 0.0586. The molecule has 0 bridgehead atoms. The predicted molar refractivity (Wildman–Crippen MR) is 248 cm³/mol. The second-order valence-corrected chi connectivity index (χ2v) is 19.8. The predicted octanol–water partition coefficient (Wildman–Crippen LogP) is 10.3. The summed E-state index contributed by atoms with van der Waals surface area (Å²) < 4.78 is 22.6. The van der Waals surface area contributed by atoms with Gasteiger partial charge in [-0.2, -0.15) is 9.98 Å². The SMILES string of the molecule is CC1(C)CCC(CN2CCN(c3ccc(C(=O)N[S+]([O-])c4ccc(NCC5CCC(C)(C#N)CC5)c([N+](=O)[O-])c4)c(Oc4cnc5[nH]ccc5c4)c3)CC2)=C(c2ccc(Cl)cc2)C1. The van der Waals surface area contributed by atoms with Gasteiger partial charge in [-0.05, 0) is 123 Å². The monoisotopic (exact) mass is 888 g/mol. The summed E-state index contributed by atoms with van der Waals surface area (Å²) in [6.45, 7) is 11.3. The molecule has 1 saturated heterocycles. The molecule has 0 spiro atoms. The van der Waals surface area contributed by atoms with Crippen molar-refractivity contribution in [1.82, 2.24) is 19.6 Å². The number of fused-ring (bicyclic) bond motifs is 1. The maximum atomic E-state index is 13.9. The van der Waals surface area contributed by atoms with E-state index in [1.165, 1.54) is 34.9 Å². The van der Waals surface area contributed by atoms with E-state index < -0.39 is 22.2 Å². The first-order valence-corrected chi connectivity index (χ1v) is 23.1. The second-order valence-electron chi connectivity index (χ2n) is 18.2. The number of nitrogens with one attached hydrogen (secondary N) is 3. The molecular formula is C48H53ClN8O5S. The van der Waals surface area contributed by atoms with Gasteiger partial charge in [-0.25, -0.2) is 4.98 Å². The maximum absolute atomic E-state index is 13.9. The number of amides is 1. The van der Waals surface area contributed by atoms with Crippen molar-refractivity contribution in [3.63, 3.8) is 0 Å². The summed E-state index contributed by atoms with van der Waals surface area (Å²) in [6.07, 6.45) is 9.88. The highest BCUT2D eigenvalue weighted by Crippen LogP contribution is 2.44. The minimum absolute atomic E-state index is 0.0788. The van der Waals surface area contributed by atoms with Gasteiger partial charge in [0.25, 0.3) is 11.6 Å². The first-order chi connectivity index (χ1) is 30.2. The fraction of sp³-hybridized carbons (Fsp3) is 0.396. The molecule has 328 valence electrons. The zero-order chi connectivity index (χ0) is 44.3. The maximum Gasteiger partial charge on any atom is 0.297 e. The van der Waals surface area contributed by atoms with Crippen LogP contribution in [-0.2, 0) is 11.4 Å². The molecule has 1 atom stereocenters. The summed E-state index contributed by atoms with van der Waals surface area (Å²) in [5.41, 5.74) is 5.86. The van der Waals surface area contributed by atoms with Crippen LogP contribution in [0.5, 0.6) is 11.5 Å². The molecule has 15 heteroatoms. The molecule has 2 aromatic heterocycles. The van der Waals surface area contributed by atoms with Crippen LogP contribution < -0.4 is 19.7 Å². The molecule has 8 rings (SSSR count). The Morgan fingerprint density at radius 1 is 1.03 bits per heavy atom. The number of allylic oxidation sites excluding steroid dienone is 1. The topological polar surface area (TPSA) is 176 Å². The number of hydrogen-bond acceptors (Lipinski definition) is 10. The molecule has 3 heterocycles. The van der Waals surface area contributed by atoms with Crippen LogP contribution in [0.25, 0.3) is 16.6 Å². The fourth-order valence-corrected chi connectivity index (χ4v) is 9.92. The van der Waals surface area contributed by atoms with Gasteiger partial charge in [-0.1, -0.05) is 43.2 Å². The highest BCUT2D eigenvalue weighted by molar-refractivity contribution is 7.90. The Morgan fingerprint density at radius 2 is 1.79 bits per heavy atom. The molecule has 13 nitrogen and oxygen atoms in total. The minimum Gasteiger partial charge on any atom is -0.588 e. The van der Waals surface area contributed by atoms with Gasteiger partial charge < -0.3 is 24.5 Å². The van der Waals surface area contributed by atoms with E-state index in [1.54, 1.807) is 18.5 Å². The molecule has 1 saturated carbocycles. The van der Waals surface area contributed by atoms with Crippen LogP contribution in [-0.4, -0.2) is 69.5 Å². The van der Waals surface area contributed by atoms with E-state index in [0.29, 0.717) is 23.6 Å². The second kappa shape index (κ2) is 18.6. The summed E-state index contributed by atoms with van der Waals surface area (Å²) in [4.78, 5) is 38.0. The van der Waals surface area contributed by atoms with Gasteiger partial charge in [-0.3, -0.25) is 19.8 Å². The van der Waals surface area contributed by atoms with Crippen molar-refractivity contribution < 1.29 is 19.0 Å². The Kier molecular flexibility index (Phi) is 13.0. The summed E-state index contributed by atoms with van der Waals surface area (Å²) in [5, 5.41) is 26.4. The van der Waals surface area contributed by atoms with Crippen molar-refractivity contribution in [3.05, 3.63) is 117 Å². The van der Waals surface area contributed by atoms with Crippen molar-refractivity contribution in [2.45, 2.75) is 70.6 Å². The number of hydrogen-bond donors (Lipinski definition) is 3. The van der Waals surface area contributed by atoms with Crippen molar-refractivity contribution in [2.75, 3.05) is 49.5 Å². The summed E-state index contributed by atoms with van der Waals surface area (Å²) >= 11 is 4.12. The lowest BCUT2D eigenvalue weighted by molar-refractivity contribution is -0.384. The number of halogens is 1. The molecule has 1 aliphatic heterocycles. The number of benzene rings is 3. The first kappa shape index (κ1) is 44.0. The van der Waals surface area contributed by atoms with Crippen LogP contribution in [0.2, 0.25) is 5.02 Å². The average molecular weight is 890 g/mol. The van der Waals surface area contributed by atoms with Crippen LogP contribution in [0.1, 0.15) is 81.6 Å². The van der Waals surface area contributed by atoms with Gasteiger partial charge >= 0.3 is 0 Å². The Morgan fingerprint density at radius 3 is 2.52 bits per heavy atom. The largest absolute Gasteiger partial charge is 0.588 e. The van der Waals surface area contributed by atoms with Gasteiger partial charge in [0.2, 0.25) is 0 Å². The zero-order valence-electron chi connectivity index (χ0n) is 35.9. The number of ether oxygens (including phenoxy) is 1. The van der Waals surface area contributed by atoms with Gasteiger partial charge in [0.15, 0.2) is 4.90 Å². The number of carbonyl (C=O) groups excluding carboxylic acids is 1. The van der Waals surface area contributed by atoms with Gasteiger partial charge in [0.1, 0.15) is 34.2 Å². The average Bonchev–Trinajstić information content (AvgIpc) is 3.75. The van der Waals surface area contributed by atoms with Crippen LogP contribution in [0.3, 0.4) is 0 Å². The molecule has 3 N–H and O–H groups in total. The van der Waals surface area contributed by atoms with Crippen LogP contribution in [0.15, 0.2) is 95.7 Å². The molecule has 3 aliphatic rings. The Labute approximate surface area is 376 Å². The Hall–Kier alpha value is -5.59. The first-order valence-electron chi connectivity index (χ1n) is 21.6. The van der Waals surface area contributed by atoms with Gasteiger partial charge in [-0.15, -0.1) is 0 Å². The van der Waals surface area contributed by atoms with Crippen molar-refractivity contribution in [3.8, 4) is 17.6 Å². The number of H-pyrrole nitrogens is 1. The third-order valence-electron chi connectivity index (χ3n) is 13.0. The molecule has 63 heavy (non-hydrogen) atoms. The number of carbonyl (C=O) groups is 1. The normalized spacial score (nSPS) is 20.8. The highest BCUT2D eigenvalue weighted by Gasteiger charge is 2.33. The number of nitro benzene ring substituents is 1. The lowest BCUT2D eigenvalue weighted by atomic mass is 9.72. The van der Waals surface area contributed by atoms with E-state index in [2.05, 4.69) is 61.9 Å². The molecule has 1 amide bonds. The number of aromatic nitrogens is 2. The summed E-state index contributed by atoms with van der Waals surface area (Å²) in [5.74, 6) is 0.291. The molecule has 2 fully saturated rings. The smallest absolute Gasteiger partial charge is 0.297 e. The number of nitriles is 1. The number of pyridine rings is 1. The zero-order valence-corrected chi connectivity index (χ0v) is 37.5. The number of piperazine rings is 1. The lowest BCUT2D eigenvalue weighted by Gasteiger charge is -2.39. The number of rotatable bonds is 13. The lowest BCUT2D eigenvalue weighted by Crippen LogP contribution is -2.47. The van der Waals surface area contributed by atoms with E-state index in [-0.39, 0.29) is 38.6 Å². The number of aromatic amines is 1. The van der Waals surface area contributed by atoms with Crippen molar-refractivity contribution in [2.24, 2.45) is 16.7 Å². The fourth-order valence-electron chi connectivity index (χ4n) is 8.99. The number of nitro groups is 1. The third-order valence-corrected chi connectivity index (χ3v) is 14.3. The molecule has 3 aromatic carbocycles. The van der Waals surface area contributed by atoms with Gasteiger partial charge in [0, 0.05) is 67.6 Å². The van der Waals surface area contributed by atoms with Crippen molar-refractivity contribution in [1.29, 1.82) is 5.26 Å². The third kappa shape index (κ3) is 10.5. The molecule has 2 aliphatic carbocycles. The summed E-state index contributed by atoms with van der Waals surface area (Å²) in [6, 6.07) is 24.0. The van der Waals surface area contributed by atoms with E-state index in [1.807, 2.05) is 43.3 Å². The van der Waals surface area contributed by atoms with E-state index >= 15 is 0 Å². The number of anilines is 2.